The Morgan fingerprint density at radius 3 is 2.78 bits per heavy atom. The van der Waals surface area contributed by atoms with E-state index in [-0.39, 0.29) is 12.1 Å². The molecule has 2 amide bonds. The van der Waals surface area contributed by atoms with E-state index in [0.717, 1.165) is 42.5 Å². The zero-order valence-electron chi connectivity index (χ0n) is 13.7. The van der Waals surface area contributed by atoms with Gasteiger partial charge in [-0.2, -0.15) is 0 Å². The summed E-state index contributed by atoms with van der Waals surface area (Å²) in [6, 6.07) is 9.71. The third-order valence-corrected chi connectivity index (χ3v) is 4.71. The maximum Gasteiger partial charge on any atom is 0.319 e. The Morgan fingerprint density at radius 2 is 2.00 bits per heavy atom. The second-order valence-electron chi connectivity index (χ2n) is 6.41. The van der Waals surface area contributed by atoms with E-state index in [0.29, 0.717) is 5.92 Å². The second-order valence-corrected chi connectivity index (χ2v) is 6.41. The molecule has 5 heteroatoms. The van der Waals surface area contributed by atoms with Gasteiger partial charge in [-0.1, -0.05) is 18.2 Å². The van der Waals surface area contributed by atoms with Crippen molar-refractivity contribution in [3.8, 4) is 0 Å². The van der Waals surface area contributed by atoms with Crippen LogP contribution in [0.25, 0.3) is 10.9 Å². The number of nitrogens with one attached hydrogen (secondary N) is 2. The van der Waals surface area contributed by atoms with Crippen molar-refractivity contribution in [3.05, 3.63) is 36.5 Å². The van der Waals surface area contributed by atoms with Gasteiger partial charge in [-0.25, -0.2) is 4.79 Å². The maximum absolute atomic E-state index is 12.3. The van der Waals surface area contributed by atoms with E-state index >= 15 is 0 Å². The molecule has 1 saturated heterocycles. The summed E-state index contributed by atoms with van der Waals surface area (Å²) in [4.78, 5) is 19.0. The molecule has 0 bridgehead atoms. The topological polar surface area (TPSA) is 57.3 Å². The summed E-state index contributed by atoms with van der Waals surface area (Å²) < 4.78 is 0. The van der Waals surface area contributed by atoms with Crippen LogP contribution in [0, 0.1) is 5.92 Å². The molecule has 1 unspecified atom stereocenters. The van der Waals surface area contributed by atoms with Gasteiger partial charge in [0.25, 0.3) is 0 Å². The molecule has 1 fully saturated rings. The number of urea groups is 1. The van der Waals surface area contributed by atoms with Gasteiger partial charge >= 0.3 is 6.03 Å². The fourth-order valence-corrected chi connectivity index (χ4v) is 3.22. The van der Waals surface area contributed by atoms with Crippen molar-refractivity contribution in [3.63, 3.8) is 0 Å². The molecule has 2 heterocycles. The number of carbonyl (C=O) groups is 1. The van der Waals surface area contributed by atoms with Crippen LogP contribution in [0.2, 0.25) is 0 Å². The zero-order chi connectivity index (χ0) is 16.2. The SMILES string of the molecule is CC(NC(=O)Nc1cccc2cccnc12)C1CCN(C)CC1. The van der Waals surface area contributed by atoms with Crippen LogP contribution in [-0.4, -0.2) is 42.1 Å². The first-order valence-electron chi connectivity index (χ1n) is 8.23. The molecule has 1 aliphatic rings. The monoisotopic (exact) mass is 312 g/mol. The third-order valence-electron chi connectivity index (χ3n) is 4.71. The molecule has 0 radical (unpaired) electrons. The van der Waals surface area contributed by atoms with Crippen molar-refractivity contribution < 1.29 is 4.79 Å². The highest BCUT2D eigenvalue weighted by Gasteiger charge is 2.23. The summed E-state index contributed by atoms with van der Waals surface area (Å²) in [6.07, 6.45) is 4.01. The van der Waals surface area contributed by atoms with Crippen molar-refractivity contribution in [2.24, 2.45) is 5.92 Å². The van der Waals surface area contributed by atoms with E-state index in [1.165, 1.54) is 0 Å². The van der Waals surface area contributed by atoms with E-state index in [2.05, 4.69) is 34.5 Å². The molecule has 2 N–H and O–H groups in total. The highest BCUT2D eigenvalue weighted by molar-refractivity contribution is 5.99. The summed E-state index contributed by atoms with van der Waals surface area (Å²) in [6.45, 7) is 4.30. The molecule has 1 aliphatic heterocycles. The molecule has 5 nitrogen and oxygen atoms in total. The summed E-state index contributed by atoms with van der Waals surface area (Å²) in [5, 5.41) is 7.04. The Morgan fingerprint density at radius 1 is 1.26 bits per heavy atom. The van der Waals surface area contributed by atoms with Crippen LogP contribution in [0.15, 0.2) is 36.5 Å². The number of anilines is 1. The molecule has 3 rings (SSSR count). The number of pyridine rings is 1. The van der Waals surface area contributed by atoms with Crippen LogP contribution in [0.3, 0.4) is 0 Å². The highest BCUT2D eigenvalue weighted by Crippen LogP contribution is 2.22. The van der Waals surface area contributed by atoms with Gasteiger partial charge in [-0.15, -0.1) is 0 Å². The van der Waals surface area contributed by atoms with Gasteiger partial charge in [0.1, 0.15) is 0 Å². The number of amides is 2. The molecule has 1 atom stereocenters. The Hall–Kier alpha value is -2.14. The van der Waals surface area contributed by atoms with Crippen LogP contribution in [-0.2, 0) is 0 Å². The van der Waals surface area contributed by atoms with Gasteiger partial charge in [0.15, 0.2) is 0 Å². The van der Waals surface area contributed by atoms with Crippen LogP contribution in [0.1, 0.15) is 19.8 Å². The van der Waals surface area contributed by atoms with Crippen molar-refractivity contribution >= 4 is 22.6 Å². The average molecular weight is 312 g/mol. The molecule has 0 aliphatic carbocycles. The molecule has 1 aromatic heterocycles. The first kappa shape index (κ1) is 15.7. The van der Waals surface area contributed by atoms with E-state index in [4.69, 9.17) is 0 Å². The van der Waals surface area contributed by atoms with E-state index in [1.807, 2.05) is 30.3 Å². The summed E-state index contributed by atoms with van der Waals surface area (Å²) in [7, 11) is 2.15. The summed E-state index contributed by atoms with van der Waals surface area (Å²) >= 11 is 0. The minimum absolute atomic E-state index is 0.158. The van der Waals surface area contributed by atoms with Crippen LogP contribution in [0.4, 0.5) is 10.5 Å². The number of hydrogen-bond acceptors (Lipinski definition) is 3. The number of carbonyl (C=O) groups excluding carboxylic acids is 1. The minimum Gasteiger partial charge on any atom is -0.335 e. The number of rotatable bonds is 3. The molecular formula is C18H24N4O. The van der Waals surface area contributed by atoms with Crippen LogP contribution >= 0.6 is 0 Å². The maximum atomic E-state index is 12.3. The van der Waals surface area contributed by atoms with Crippen LogP contribution in [0.5, 0.6) is 0 Å². The predicted octanol–water partition coefficient (Wildman–Crippen LogP) is 3.09. The normalized spacial score (nSPS) is 17.8. The lowest BCUT2D eigenvalue weighted by Crippen LogP contribution is -2.44. The zero-order valence-corrected chi connectivity index (χ0v) is 13.7. The van der Waals surface area contributed by atoms with Gasteiger partial charge in [-0.05, 0) is 58.0 Å². The van der Waals surface area contributed by atoms with E-state index in [9.17, 15) is 4.79 Å². The van der Waals surface area contributed by atoms with Crippen molar-refractivity contribution in [1.82, 2.24) is 15.2 Å². The lowest BCUT2D eigenvalue weighted by molar-refractivity contribution is 0.189. The fraction of sp³-hybridized carbons (Fsp3) is 0.444. The number of piperidine rings is 1. The van der Waals surface area contributed by atoms with Gasteiger partial charge in [0.2, 0.25) is 0 Å². The Kier molecular flexibility index (Phi) is 4.76. The lowest BCUT2D eigenvalue weighted by Gasteiger charge is -2.33. The summed E-state index contributed by atoms with van der Waals surface area (Å²) in [5.41, 5.74) is 1.56. The number of fused-ring (bicyclic) bond motifs is 1. The van der Waals surface area contributed by atoms with Crippen molar-refractivity contribution in [2.45, 2.75) is 25.8 Å². The standard InChI is InChI=1S/C18H24N4O/c1-13(14-8-11-22(2)12-9-14)20-18(23)21-16-7-3-5-15-6-4-10-19-17(15)16/h3-7,10,13-14H,8-9,11-12H2,1-2H3,(H2,20,21,23). The molecular weight excluding hydrogens is 288 g/mol. The average Bonchev–Trinajstić information content (AvgIpc) is 2.55. The lowest BCUT2D eigenvalue weighted by atomic mass is 9.91. The van der Waals surface area contributed by atoms with Crippen molar-refractivity contribution in [2.75, 3.05) is 25.5 Å². The van der Waals surface area contributed by atoms with Crippen LogP contribution < -0.4 is 10.6 Å². The summed E-state index contributed by atoms with van der Waals surface area (Å²) in [5.74, 6) is 0.544. The Labute approximate surface area is 137 Å². The number of hydrogen-bond donors (Lipinski definition) is 2. The van der Waals surface area contributed by atoms with E-state index in [1.54, 1.807) is 6.20 Å². The van der Waals surface area contributed by atoms with Gasteiger partial charge in [0, 0.05) is 17.6 Å². The molecule has 0 spiro atoms. The first-order chi connectivity index (χ1) is 11.1. The fourth-order valence-electron chi connectivity index (χ4n) is 3.22. The second kappa shape index (κ2) is 6.96. The predicted molar refractivity (Wildman–Crippen MR) is 93.6 cm³/mol. The largest absolute Gasteiger partial charge is 0.335 e. The Bertz CT molecular complexity index is 674. The van der Waals surface area contributed by atoms with Gasteiger partial charge in [0.05, 0.1) is 11.2 Å². The molecule has 1 aromatic carbocycles. The third kappa shape index (κ3) is 3.79. The molecule has 122 valence electrons. The number of para-hydroxylation sites is 1. The van der Waals surface area contributed by atoms with Gasteiger partial charge in [-0.3, -0.25) is 4.98 Å². The molecule has 0 saturated carbocycles. The number of likely N-dealkylation sites (tertiary alicyclic amines) is 1. The van der Waals surface area contributed by atoms with Gasteiger partial charge < -0.3 is 15.5 Å². The minimum atomic E-state index is -0.158. The number of aromatic nitrogens is 1. The highest BCUT2D eigenvalue weighted by atomic mass is 16.2. The van der Waals surface area contributed by atoms with E-state index < -0.39 is 0 Å². The smallest absolute Gasteiger partial charge is 0.319 e. The first-order valence-corrected chi connectivity index (χ1v) is 8.23. The molecule has 23 heavy (non-hydrogen) atoms. The Balaban J connectivity index is 1.62. The quantitative estimate of drug-likeness (QED) is 0.915. The number of nitrogens with zero attached hydrogens (tertiary/aromatic N) is 2. The number of benzene rings is 1. The molecule has 2 aromatic rings. The van der Waals surface area contributed by atoms with Crippen molar-refractivity contribution in [1.29, 1.82) is 0 Å².